The van der Waals surface area contributed by atoms with Gasteiger partial charge in [-0.3, -0.25) is 4.79 Å². The van der Waals surface area contributed by atoms with Crippen LogP contribution in [0.1, 0.15) is 41.0 Å². The molecule has 1 fully saturated rings. The fraction of sp³-hybridized carbons (Fsp3) is 0.500. The largest absolute Gasteiger partial charge is 0.342 e. The van der Waals surface area contributed by atoms with Crippen molar-refractivity contribution in [3.63, 3.8) is 0 Å². The number of amides is 1. The Labute approximate surface area is 134 Å². The average Bonchev–Trinajstić information content (AvgIpc) is 2.92. The normalized spacial score (nSPS) is 18.5. The molecule has 0 aliphatic carbocycles. The van der Waals surface area contributed by atoms with Gasteiger partial charge in [0.05, 0.1) is 17.1 Å². The summed E-state index contributed by atoms with van der Waals surface area (Å²) in [6, 6.07) is 1.97. The molecule has 0 bridgehead atoms. The molecule has 1 atom stereocenters. The highest BCUT2D eigenvalue weighted by molar-refractivity contribution is 7.09. The molecule has 0 N–H and O–H groups in total. The van der Waals surface area contributed by atoms with E-state index in [0.29, 0.717) is 12.3 Å². The Kier molecular flexibility index (Phi) is 4.47. The number of carbonyl (C=O) groups is 1. The van der Waals surface area contributed by atoms with Crippen LogP contribution in [-0.4, -0.2) is 38.8 Å². The van der Waals surface area contributed by atoms with E-state index < -0.39 is 0 Å². The Morgan fingerprint density at radius 1 is 1.41 bits per heavy atom. The second-order valence-electron chi connectivity index (χ2n) is 5.74. The van der Waals surface area contributed by atoms with E-state index in [-0.39, 0.29) is 5.91 Å². The Morgan fingerprint density at radius 3 is 3.00 bits per heavy atom. The molecule has 0 aromatic carbocycles. The van der Waals surface area contributed by atoms with E-state index in [1.165, 1.54) is 0 Å². The van der Waals surface area contributed by atoms with Gasteiger partial charge in [0.15, 0.2) is 0 Å². The molecule has 5 nitrogen and oxygen atoms in total. The summed E-state index contributed by atoms with van der Waals surface area (Å²) < 4.78 is 0. The molecule has 3 rings (SSSR count). The predicted molar refractivity (Wildman–Crippen MR) is 85.9 cm³/mol. The highest BCUT2D eigenvalue weighted by atomic mass is 32.1. The third-order valence-electron chi connectivity index (χ3n) is 3.99. The summed E-state index contributed by atoms with van der Waals surface area (Å²) in [4.78, 5) is 27.5. The topological polar surface area (TPSA) is 59.0 Å². The van der Waals surface area contributed by atoms with Gasteiger partial charge in [0.1, 0.15) is 5.82 Å². The SMILES string of the molecule is Cc1nccc([C@@H]2CCCN(C(=O)Cc3csc(C)n3)C2)n1. The van der Waals surface area contributed by atoms with Crippen LogP contribution in [0.4, 0.5) is 0 Å². The zero-order chi connectivity index (χ0) is 15.5. The van der Waals surface area contributed by atoms with Gasteiger partial charge in [-0.2, -0.15) is 0 Å². The molecule has 0 unspecified atom stereocenters. The molecule has 0 spiro atoms. The molecule has 1 amide bonds. The van der Waals surface area contributed by atoms with E-state index in [1.54, 1.807) is 17.5 Å². The first-order chi connectivity index (χ1) is 10.6. The van der Waals surface area contributed by atoms with Crippen molar-refractivity contribution < 1.29 is 4.79 Å². The number of rotatable bonds is 3. The number of hydrogen-bond acceptors (Lipinski definition) is 5. The zero-order valence-corrected chi connectivity index (χ0v) is 13.8. The highest BCUT2D eigenvalue weighted by Crippen LogP contribution is 2.26. The first-order valence-electron chi connectivity index (χ1n) is 7.60. The predicted octanol–water partition coefficient (Wildman–Crippen LogP) is 2.50. The van der Waals surface area contributed by atoms with Gasteiger partial charge in [0.25, 0.3) is 0 Å². The van der Waals surface area contributed by atoms with E-state index in [9.17, 15) is 4.79 Å². The van der Waals surface area contributed by atoms with Crippen LogP contribution < -0.4 is 0 Å². The molecule has 22 heavy (non-hydrogen) atoms. The van der Waals surface area contributed by atoms with E-state index in [2.05, 4.69) is 15.0 Å². The van der Waals surface area contributed by atoms with Crippen molar-refractivity contribution in [2.45, 2.75) is 39.0 Å². The smallest absolute Gasteiger partial charge is 0.228 e. The minimum absolute atomic E-state index is 0.167. The van der Waals surface area contributed by atoms with Gasteiger partial charge >= 0.3 is 0 Å². The van der Waals surface area contributed by atoms with Crippen molar-refractivity contribution >= 4 is 17.2 Å². The Hall–Kier alpha value is -1.82. The molecule has 0 saturated carbocycles. The van der Waals surface area contributed by atoms with Crippen molar-refractivity contribution in [1.82, 2.24) is 19.9 Å². The fourth-order valence-electron chi connectivity index (χ4n) is 2.90. The molecule has 3 heterocycles. The summed E-state index contributed by atoms with van der Waals surface area (Å²) in [6.07, 6.45) is 4.31. The van der Waals surface area contributed by atoms with Crippen LogP contribution in [0.25, 0.3) is 0 Å². The lowest BCUT2D eigenvalue weighted by molar-refractivity contribution is -0.131. The Bertz CT molecular complexity index is 670. The van der Waals surface area contributed by atoms with Crippen molar-refractivity contribution in [1.29, 1.82) is 0 Å². The molecule has 1 aliphatic rings. The molecule has 1 saturated heterocycles. The summed E-state index contributed by atoms with van der Waals surface area (Å²) in [6.45, 7) is 5.45. The quantitative estimate of drug-likeness (QED) is 0.873. The van der Waals surface area contributed by atoms with Gasteiger partial charge in [0.2, 0.25) is 5.91 Å². The second-order valence-corrected chi connectivity index (χ2v) is 6.80. The number of piperidine rings is 1. The number of nitrogens with zero attached hydrogens (tertiary/aromatic N) is 4. The van der Waals surface area contributed by atoms with Crippen LogP contribution in [0, 0.1) is 13.8 Å². The van der Waals surface area contributed by atoms with E-state index >= 15 is 0 Å². The molecule has 2 aromatic rings. The lowest BCUT2D eigenvalue weighted by atomic mass is 9.94. The Balaban J connectivity index is 1.66. The third-order valence-corrected chi connectivity index (χ3v) is 4.81. The second kappa shape index (κ2) is 6.52. The lowest BCUT2D eigenvalue weighted by Crippen LogP contribution is -2.40. The first kappa shape index (κ1) is 15.1. The van der Waals surface area contributed by atoms with E-state index in [0.717, 1.165) is 48.2 Å². The number of aryl methyl sites for hydroxylation is 2. The molecular weight excluding hydrogens is 296 g/mol. The lowest BCUT2D eigenvalue weighted by Gasteiger charge is -2.32. The molecular formula is C16H20N4OS. The van der Waals surface area contributed by atoms with Crippen molar-refractivity contribution in [3.05, 3.63) is 39.9 Å². The summed E-state index contributed by atoms with van der Waals surface area (Å²) in [5.41, 5.74) is 1.93. The third kappa shape index (κ3) is 3.50. The number of hydrogen-bond donors (Lipinski definition) is 0. The minimum Gasteiger partial charge on any atom is -0.342 e. The molecule has 0 radical (unpaired) electrons. The van der Waals surface area contributed by atoms with Gasteiger partial charge in [-0.05, 0) is 32.8 Å². The van der Waals surface area contributed by atoms with E-state index in [1.807, 2.05) is 30.2 Å². The van der Waals surface area contributed by atoms with Crippen LogP contribution in [0.3, 0.4) is 0 Å². The first-order valence-corrected chi connectivity index (χ1v) is 8.48. The Morgan fingerprint density at radius 2 is 2.27 bits per heavy atom. The van der Waals surface area contributed by atoms with Gasteiger partial charge in [-0.25, -0.2) is 15.0 Å². The summed E-state index contributed by atoms with van der Waals surface area (Å²) >= 11 is 1.59. The maximum atomic E-state index is 12.5. The number of thiazole rings is 1. The van der Waals surface area contributed by atoms with Crippen LogP contribution in [-0.2, 0) is 11.2 Å². The monoisotopic (exact) mass is 316 g/mol. The average molecular weight is 316 g/mol. The van der Waals surface area contributed by atoms with Gasteiger partial charge in [0, 0.05) is 36.3 Å². The van der Waals surface area contributed by atoms with Crippen molar-refractivity contribution in [2.75, 3.05) is 13.1 Å². The zero-order valence-electron chi connectivity index (χ0n) is 13.0. The van der Waals surface area contributed by atoms with E-state index in [4.69, 9.17) is 0 Å². The summed E-state index contributed by atoms with van der Waals surface area (Å²) in [5, 5.41) is 2.98. The van der Waals surface area contributed by atoms with Gasteiger partial charge in [-0.15, -0.1) is 11.3 Å². The molecule has 2 aromatic heterocycles. The molecule has 1 aliphatic heterocycles. The summed E-state index contributed by atoms with van der Waals surface area (Å²) in [7, 11) is 0. The van der Waals surface area contributed by atoms with Gasteiger partial charge < -0.3 is 4.90 Å². The van der Waals surface area contributed by atoms with Crippen LogP contribution >= 0.6 is 11.3 Å². The number of carbonyl (C=O) groups excluding carboxylic acids is 1. The maximum Gasteiger partial charge on any atom is 0.228 e. The van der Waals surface area contributed by atoms with Crippen LogP contribution in [0.15, 0.2) is 17.6 Å². The van der Waals surface area contributed by atoms with Crippen molar-refractivity contribution in [2.24, 2.45) is 0 Å². The molecule has 6 heteroatoms. The minimum atomic E-state index is 0.167. The fourth-order valence-corrected chi connectivity index (χ4v) is 3.52. The van der Waals surface area contributed by atoms with Crippen LogP contribution in [0.2, 0.25) is 0 Å². The highest BCUT2D eigenvalue weighted by Gasteiger charge is 2.26. The van der Waals surface area contributed by atoms with Gasteiger partial charge in [-0.1, -0.05) is 0 Å². The maximum absolute atomic E-state index is 12.5. The molecule has 116 valence electrons. The summed E-state index contributed by atoms with van der Waals surface area (Å²) in [5.74, 6) is 1.27. The standard InChI is InChI=1S/C16H20N4OS/c1-11-17-6-5-15(18-11)13-4-3-7-20(9-13)16(21)8-14-10-22-12(2)19-14/h5-6,10,13H,3-4,7-9H2,1-2H3/t13-/m1/s1. The number of likely N-dealkylation sites (tertiary alicyclic amines) is 1. The van der Waals surface area contributed by atoms with Crippen LogP contribution in [0.5, 0.6) is 0 Å². The number of aromatic nitrogens is 3. The van der Waals surface area contributed by atoms with Crippen molar-refractivity contribution in [3.8, 4) is 0 Å².